The summed E-state index contributed by atoms with van der Waals surface area (Å²) in [6.45, 7) is 2.43. The van der Waals surface area contributed by atoms with Crippen molar-refractivity contribution in [3.05, 3.63) is 26.7 Å². The lowest BCUT2D eigenvalue weighted by Gasteiger charge is -2.25. The molecule has 1 aromatic carbocycles. The molecule has 112 valence electrons. The smallest absolute Gasteiger partial charge is 0.207 e. The minimum absolute atomic E-state index is 0.0479. The summed E-state index contributed by atoms with van der Waals surface area (Å²) in [5.41, 5.74) is 0. The number of hydrogen-bond acceptors (Lipinski definition) is 2. The number of halogens is 4. The van der Waals surface area contributed by atoms with Crippen molar-refractivity contribution in [3.63, 3.8) is 0 Å². The van der Waals surface area contributed by atoms with Crippen LogP contribution in [0.25, 0.3) is 0 Å². The van der Waals surface area contributed by atoms with Crippen molar-refractivity contribution in [2.75, 3.05) is 12.4 Å². The topological polar surface area (TPSA) is 37.4 Å². The first-order valence-corrected chi connectivity index (χ1v) is 9.53. The maximum absolute atomic E-state index is 12.8. The Morgan fingerprint density at radius 2 is 1.90 bits per heavy atom. The second kappa shape index (κ2) is 6.31. The minimum Gasteiger partial charge on any atom is -0.207 e. The monoisotopic (exact) mass is 419 g/mol. The van der Waals surface area contributed by atoms with Gasteiger partial charge in [0.2, 0.25) is 10.0 Å². The molecule has 0 aromatic heterocycles. The van der Waals surface area contributed by atoms with Gasteiger partial charge in [-0.15, -0.1) is 11.6 Å². The molecule has 2 atom stereocenters. The molecular weight excluding hydrogens is 408 g/mol. The Hall–Kier alpha value is 0.480. The fourth-order valence-electron chi connectivity index (χ4n) is 2.39. The first-order chi connectivity index (χ1) is 9.28. The molecule has 1 saturated heterocycles. The molecule has 0 N–H and O–H groups in total. The summed E-state index contributed by atoms with van der Waals surface area (Å²) in [7, 11) is -3.75. The molecule has 1 aliphatic heterocycles. The van der Waals surface area contributed by atoms with Crippen LogP contribution < -0.4 is 0 Å². The van der Waals surface area contributed by atoms with Crippen LogP contribution in [0.3, 0.4) is 0 Å². The average Bonchev–Trinajstić information content (AvgIpc) is 2.69. The fourth-order valence-corrected chi connectivity index (χ4v) is 6.57. The SMILES string of the molecule is CC1CCN(S(=O)(=O)c2c(Cl)cc(Br)cc2Cl)C1CCl. The predicted molar refractivity (Wildman–Crippen MR) is 86.3 cm³/mol. The lowest BCUT2D eigenvalue weighted by atomic mass is 10.1. The van der Waals surface area contributed by atoms with Gasteiger partial charge in [0, 0.05) is 22.9 Å². The number of nitrogens with zero attached hydrogens (tertiary/aromatic N) is 1. The largest absolute Gasteiger partial charge is 0.246 e. The molecule has 1 heterocycles. The van der Waals surface area contributed by atoms with Crippen LogP contribution in [0.2, 0.25) is 10.0 Å². The van der Waals surface area contributed by atoms with Crippen LogP contribution in [0.1, 0.15) is 13.3 Å². The number of benzene rings is 1. The van der Waals surface area contributed by atoms with E-state index in [1.54, 1.807) is 0 Å². The first-order valence-electron chi connectivity index (χ1n) is 6.01. The predicted octanol–water partition coefficient (Wildman–Crippen LogP) is 4.39. The summed E-state index contributed by atoms with van der Waals surface area (Å²) in [5, 5.41) is 0.217. The van der Waals surface area contributed by atoms with E-state index in [-0.39, 0.29) is 32.8 Å². The van der Waals surface area contributed by atoms with Gasteiger partial charge < -0.3 is 0 Å². The van der Waals surface area contributed by atoms with Gasteiger partial charge in [0.25, 0.3) is 0 Å². The standard InChI is InChI=1S/C12H13BrCl3NO2S/c1-7-2-3-17(11(7)6-14)20(18,19)12-9(15)4-8(13)5-10(12)16/h4-5,7,11H,2-3,6H2,1H3. The minimum atomic E-state index is -3.75. The number of sulfonamides is 1. The van der Waals surface area contributed by atoms with E-state index >= 15 is 0 Å². The van der Waals surface area contributed by atoms with E-state index in [1.165, 1.54) is 16.4 Å². The molecule has 2 unspecified atom stereocenters. The van der Waals surface area contributed by atoms with Gasteiger partial charge in [-0.05, 0) is 24.5 Å². The Kier molecular flexibility index (Phi) is 5.31. The Balaban J connectivity index is 2.51. The first kappa shape index (κ1) is 16.8. The fraction of sp³-hybridized carbons (Fsp3) is 0.500. The molecule has 1 aliphatic rings. The van der Waals surface area contributed by atoms with E-state index in [0.717, 1.165) is 6.42 Å². The third-order valence-corrected chi connectivity index (χ3v) is 7.14. The quantitative estimate of drug-likeness (QED) is 0.679. The lowest BCUT2D eigenvalue weighted by molar-refractivity contribution is 0.375. The summed E-state index contributed by atoms with van der Waals surface area (Å²) in [5.74, 6) is 0.474. The zero-order valence-corrected chi connectivity index (χ0v) is 15.3. The molecule has 3 nitrogen and oxygen atoms in total. The Morgan fingerprint density at radius 3 is 2.40 bits per heavy atom. The van der Waals surface area contributed by atoms with Gasteiger partial charge in [0.05, 0.1) is 10.0 Å². The molecular formula is C12H13BrCl3NO2S. The summed E-state index contributed by atoms with van der Waals surface area (Å²) in [6, 6.07) is 2.82. The second-order valence-electron chi connectivity index (χ2n) is 4.80. The highest BCUT2D eigenvalue weighted by Gasteiger charge is 2.40. The van der Waals surface area contributed by atoms with Crippen molar-refractivity contribution in [2.45, 2.75) is 24.3 Å². The Morgan fingerprint density at radius 1 is 1.35 bits per heavy atom. The summed E-state index contributed by atoms with van der Waals surface area (Å²) in [4.78, 5) is -0.0479. The molecule has 20 heavy (non-hydrogen) atoms. The van der Waals surface area contributed by atoms with E-state index in [1.807, 2.05) is 6.92 Å². The highest BCUT2D eigenvalue weighted by atomic mass is 79.9. The molecule has 2 rings (SSSR count). The van der Waals surface area contributed by atoms with Gasteiger partial charge in [-0.1, -0.05) is 46.1 Å². The van der Waals surface area contributed by atoms with Crippen LogP contribution in [-0.2, 0) is 10.0 Å². The van der Waals surface area contributed by atoms with Gasteiger partial charge in [-0.25, -0.2) is 8.42 Å². The van der Waals surface area contributed by atoms with E-state index < -0.39 is 10.0 Å². The third-order valence-electron chi connectivity index (χ3n) is 3.52. The molecule has 1 aromatic rings. The number of hydrogen-bond donors (Lipinski definition) is 0. The molecule has 0 bridgehead atoms. The zero-order chi connectivity index (χ0) is 15.1. The highest BCUT2D eigenvalue weighted by Crippen LogP contribution is 2.38. The van der Waals surface area contributed by atoms with Crippen LogP contribution >= 0.6 is 50.7 Å². The molecule has 8 heteroatoms. The van der Waals surface area contributed by atoms with Crippen molar-refractivity contribution in [1.82, 2.24) is 4.31 Å². The van der Waals surface area contributed by atoms with Crippen LogP contribution in [-0.4, -0.2) is 31.2 Å². The maximum atomic E-state index is 12.8. The van der Waals surface area contributed by atoms with Crippen molar-refractivity contribution in [3.8, 4) is 0 Å². The van der Waals surface area contributed by atoms with Gasteiger partial charge in [0.1, 0.15) is 4.90 Å². The van der Waals surface area contributed by atoms with E-state index in [2.05, 4.69) is 15.9 Å². The van der Waals surface area contributed by atoms with Crippen molar-refractivity contribution in [2.24, 2.45) is 5.92 Å². The summed E-state index contributed by atoms with van der Waals surface area (Å²) in [6.07, 6.45) is 0.780. The normalized spacial score (nSPS) is 24.2. The maximum Gasteiger partial charge on any atom is 0.246 e. The molecule has 1 fully saturated rings. The molecule has 0 spiro atoms. The molecule has 0 aliphatic carbocycles. The number of alkyl halides is 1. The third kappa shape index (κ3) is 2.99. The molecule has 0 amide bonds. The number of rotatable bonds is 3. The van der Waals surface area contributed by atoms with Crippen molar-refractivity contribution >= 4 is 60.8 Å². The summed E-state index contributed by atoms with van der Waals surface area (Å²) < 4.78 is 27.6. The van der Waals surface area contributed by atoms with E-state index in [4.69, 9.17) is 34.8 Å². The van der Waals surface area contributed by atoms with Gasteiger partial charge in [0.15, 0.2) is 0 Å². The molecule has 0 radical (unpaired) electrons. The van der Waals surface area contributed by atoms with E-state index in [9.17, 15) is 8.42 Å². The van der Waals surface area contributed by atoms with Crippen LogP contribution in [0, 0.1) is 5.92 Å². The van der Waals surface area contributed by atoms with Crippen molar-refractivity contribution in [1.29, 1.82) is 0 Å². The van der Waals surface area contributed by atoms with Crippen molar-refractivity contribution < 1.29 is 8.42 Å². The summed E-state index contributed by atoms with van der Waals surface area (Å²) >= 11 is 21.3. The van der Waals surface area contributed by atoms with Crippen LogP contribution in [0.15, 0.2) is 21.5 Å². The lowest BCUT2D eigenvalue weighted by Crippen LogP contribution is -2.38. The Labute approximate surface area is 142 Å². The van der Waals surface area contributed by atoms with Gasteiger partial charge in [-0.3, -0.25) is 0 Å². The second-order valence-corrected chi connectivity index (χ2v) is 8.67. The molecule has 0 saturated carbocycles. The highest BCUT2D eigenvalue weighted by molar-refractivity contribution is 9.10. The van der Waals surface area contributed by atoms with Gasteiger partial charge >= 0.3 is 0 Å². The van der Waals surface area contributed by atoms with Gasteiger partial charge in [-0.2, -0.15) is 4.31 Å². The zero-order valence-electron chi connectivity index (χ0n) is 10.6. The Bertz CT molecular complexity index is 600. The van der Waals surface area contributed by atoms with E-state index in [0.29, 0.717) is 11.0 Å². The average molecular weight is 422 g/mol. The van der Waals surface area contributed by atoms with Crippen LogP contribution in [0.4, 0.5) is 0 Å². The van der Waals surface area contributed by atoms with Crippen LogP contribution in [0.5, 0.6) is 0 Å².